The number of halogens is 1. The Kier molecular flexibility index (Phi) is 5.26. The Hall–Kier alpha value is -2.42. The number of hydrogen-bond acceptors (Lipinski definition) is 6. The quantitative estimate of drug-likeness (QED) is 0.231. The summed E-state index contributed by atoms with van der Waals surface area (Å²) in [7, 11) is 0. The first-order valence-corrected chi connectivity index (χ1v) is 8.91. The van der Waals surface area contributed by atoms with Crippen LogP contribution in [-0.2, 0) is 4.79 Å². The van der Waals surface area contributed by atoms with E-state index in [1.807, 2.05) is 0 Å². The van der Waals surface area contributed by atoms with E-state index < -0.39 is 4.92 Å². The Morgan fingerprint density at radius 1 is 1.38 bits per heavy atom. The third kappa shape index (κ3) is 3.57. The van der Waals surface area contributed by atoms with E-state index in [1.54, 1.807) is 30.4 Å². The number of amides is 1. The van der Waals surface area contributed by atoms with Crippen molar-refractivity contribution in [1.29, 1.82) is 0 Å². The molecule has 0 radical (unpaired) electrons. The van der Waals surface area contributed by atoms with Crippen LogP contribution >= 0.6 is 35.6 Å². The van der Waals surface area contributed by atoms with E-state index in [9.17, 15) is 14.9 Å². The molecular weight excluding hydrogens is 396 g/mol. The largest absolute Gasteiger partial charge is 0.457 e. The Labute approximate surface area is 163 Å². The highest BCUT2D eigenvalue weighted by Crippen LogP contribution is 2.34. The number of benzene rings is 1. The van der Waals surface area contributed by atoms with Gasteiger partial charge in [0, 0.05) is 24.3 Å². The first-order chi connectivity index (χ1) is 12.4. The van der Waals surface area contributed by atoms with Crippen LogP contribution in [0.3, 0.4) is 0 Å². The summed E-state index contributed by atoms with van der Waals surface area (Å²) in [5.41, 5.74) is 0.312. The normalized spacial score (nSPS) is 15.7. The number of nitrogens with zero attached hydrogens (tertiary/aromatic N) is 2. The molecule has 2 heterocycles. The summed E-state index contributed by atoms with van der Waals surface area (Å²) in [6.45, 7) is 3.95. The maximum absolute atomic E-state index is 12.3. The number of hydrogen-bond donors (Lipinski definition) is 0. The molecule has 1 fully saturated rings. The van der Waals surface area contributed by atoms with Crippen LogP contribution in [0.2, 0.25) is 5.02 Å². The van der Waals surface area contributed by atoms with Gasteiger partial charge in [-0.05, 0) is 24.3 Å². The van der Waals surface area contributed by atoms with Crippen molar-refractivity contribution in [2.24, 2.45) is 0 Å². The molecule has 2 aromatic rings. The number of carbonyl (C=O) groups is 1. The summed E-state index contributed by atoms with van der Waals surface area (Å²) < 4.78 is 6.15. The predicted molar refractivity (Wildman–Crippen MR) is 106 cm³/mol. The fourth-order valence-corrected chi connectivity index (χ4v) is 3.75. The van der Waals surface area contributed by atoms with Crippen LogP contribution in [0.25, 0.3) is 17.4 Å². The zero-order valence-electron chi connectivity index (χ0n) is 13.2. The lowest BCUT2D eigenvalue weighted by Crippen LogP contribution is -2.27. The lowest BCUT2D eigenvalue weighted by Gasteiger charge is -2.10. The molecule has 1 aliphatic heterocycles. The van der Waals surface area contributed by atoms with Crippen molar-refractivity contribution < 1.29 is 14.1 Å². The van der Waals surface area contributed by atoms with Gasteiger partial charge in [0.2, 0.25) is 0 Å². The van der Waals surface area contributed by atoms with Gasteiger partial charge in [-0.3, -0.25) is 19.8 Å². The minimum Gasteiger partial charge on any atom is -0.457 e. The maximum atomic E-state index is 12.3. The highest BCUT2D eigenvalue weighted by atomic mass is 35.5. The van der Waals surface area contributed by atoms with Gasteiger partial charge in [-0.2, -0.15) is 0 Å². The molecule has 1 aliphatic rings. The molecular formula is C17H11ClN2O4S2. The van der Waals surface area contributed by atoms with Gasteiger partial charge in [-0.15, -0.1) is 6.58 Å². The molecule has 9 heteroatoms. The zero-order valence-corrected chi connectivity index (χ0v) is 15.6. The number of rotatable bonds is 5. The fraction of sp³-hybridized carbons (Fsp3) is 0.0588. The second kappa shape index (κ2) is 7.45. The van der Waals surface area contributed by atoms with E-state index in [1.165, 1.54) is 28.8 Å². The van der Waals surface area contributed by atoms with Crippen molar-refractivity contribution in [3.63, 3.8) is 0 Å². The van der Waals surface area contributed by atoms with E-state index >= 15 is 0 Å². The number of thioether (sulfide) groups is 1. The van der Waals surface area contributed by atoms with Crippen molar-refractivity contribution in [2.75, 3.05) is 6.54 Å². The summed E-state index contributed by atoms with van der Waals surface area (Å²) in [6.07, 6.45) is 3.20. The Balaban J connectivity index is 1.88. The van der Waals surface area contributed by atoms with Crippen LogP contribution < -0.4 is 0 Å². The van der Waals surface area contributed by atoms with Gasteiger partial charge in [-0.25, -0.2) is 0 Å². The monoisotopic (exact) mass is 406 g/mol. The molecule has 26 heavy (non-hydrogen) atoms. The van der Waals surface area contributed by atoms with Gasteiger partial charge in [0.25, 0.3) is 11.6 Å². The van der Waals surface area contributed by atoms with E-state index in [0.717, 1.165) is 0 Å². The zero-order chi connectivity index (χ0) is 18.8. The fourth-order valence-electron chi connectivity index (χ4n) is 2.31. The lowest BCUT2D eigenvalue weighted by atomic mass is 10.1. The smallest absolute Gasteiger partial charge is 0.288 e. The molecule has 0 bridgehead atoms. The minimum atomic E-state index is -0.555. The molecule has 0 unspecified atom stereocenters. The van der Waals surface area contributed by atoms with Gasteiger partial charge in [0.15, 0.2) is 0 Å². The van der Waals surface area contributed by atoms with Crippen molar-refractivity contribution in [3.05, 3.63) is 68.8 Å². The van der Waals surface area contributed by atoms with Crippen LogP contribution in [0.5, 0.6) is 0 Å². The number of carbonyl (C=O) groups excluding carboxylic acids is 1. The van der Waals surface area contributed by atoms with E-state index in [0.29, 0.717) is 32.9 Å². The highest BCUT2D eigenvalue weighted by Gasteiger charge is 2.31. The Morgan fingerprint density at radius 2 is 2.15 bits per heavy atom. The third-order valence-corrected chi connectivity index (χ3v) is 5.21. The van der Waals surface area contributed by atoms with Gasteiger partial charge < -0.3 is 4.42 Å². The van der Waals surface area contributed by atoms with Gasteiger partial charge >= 0.3 is 0 Å². The predicted octanol–water partition coefficient (Wildman–Crippen LogP) is 4.90. The van der Waals surface area contributed by atoms with Crippen LogP contribution in [0, 0.1) is 10.1 Å². The number of furan rings is 1. The van der Waals surface area contributed by atoms with Gasteiger partial charge in [-0.1, -0.05) is 41.7 Å². The number of nitro groups is 1. The number of thiocarbonyl (C=S) groups is 1. The van der Waals surface area contributed by atoms with Gasteiger partial charge in [0.1, 0.15) is 20.9 Å². The molecule has 6 nitrogen and oxygen atoms in total. The molecule has 0 atom stereocenters. The summed E-state index contributed by atoms with van der Waals surface area (Å²) in [5.74, 6) is 0.661. The highest BCUT2D eigenvalue weighted by molar-refractivity contribution is 8.26. The average Bonchev–Trinajstić information content (AvgIpc) is 3.16. The molecule has 0 saturated carbocycles. The maximum Gasteiger partial charge on any atom is 0.288 e. The molecule has 132 valence electrons. The Bertz CT molecular complexity index is 967. The third-order valence-electron chi connectivity index (χ3n) is 3.51. The summed E-state index contributed by atoms with van der Waals surface area (Å²) >= 11 is 12.2. The molecule has 1 amide bonds. The average molecular weight is 407 g/mol. The Morgan fingerprint density at radius 3 is 2.85 bits per heavy atom. The molecule has 1 aromatic carbocycles. The van der Waals surface area contributed by atoms with Gasteiger partial charge in [0.05, 0.1) is 9.83 Å². The SMILES string of the molecule is C=CCN1C(=O)/C(=C\c2ccc(-c3ccc(Cl)c([N+](=O)[O-])c3)o2)SC1=S. The van der Waals surface area contributed by atoms with Crippen LogP contribution in [0.15, 0.2) is 52.3 Å². The molecule has 1 saturated heterocycles. The van der Waals surface area contributed by atoms with Crippen molar-refractivity contribution in [1.82, 2.24) is 4.90 Å². The first-order valence-electron chi connectivity index (χ1n) is 7.31. The minimum absolute atomic E-state index is 0.0522. The topological polar surface area (TPSA) is 76.6 Å². The molecule has 1 aromatic heterocycles. The van der Waals surface area contributed by atoms with Crippen molar-refractivity contribution >= 4 is 57.6 Å². The molecule has 0 aliphatic carbocycles. The standard InChI is InChI=1S/C17H11ClN2O4S2/c1-2-7-19-16(21)15(26-17(19)25)9-11-4-6-14(24-11)10-3-5-12(18)13(8-10)20(22)23/h2-6,8-9H,1,7H2/b15-9+. The lowest BCUT2D eigenvalue weighted by molar-refractivity contribution is -0.384. The van der Waals surface area contributed by atoms with E-state index in [4.69, 9.17) is 28.2 Å². The second-order valence-electron chi connectivity index (χ2n) is 5.21. The summed E-state index contributed by atoms with van der Waals surface area (Å²) in [4.78, 5) is 24.7. The van der Waals surface area contributed by atoms with E-state index in [2.05, 4.69) is 6.58 Å². The van der Waals surface area contributed by atoms with E-state index in [-0.39, 0.29) is 16.6 Å². The number of nitro benzene ring substituents is 1. The molecule has 0 N–H and O–H groups in total. The molecule has 3 rings (SSSR count). The van der Waals surface area contributed by atoms with Crippen molar-refractivity contribution in [3.8, 4) is 11.3 Å². The van der Waals surface area contributed by atoms with Crippen LogP contribution in [0.1, 0.15) is 5.76 Å². The van der Waals surface area contributed by atoms with Crippen molar-refractivity contribution in [2.45, 2.75) is 0 Å². The van der Waals surface area contributed by atoms with Crippen LogP contribution in [-0.4, -0.2) is 26.6 Å². The first kappa shape index (κ1) is 18.4. The second-order valence-corrected chi connectivity index (χ2v) is 7.29. The van der Waals surface area contributed by atoms with Crippen LogP contribution in [0.4, 0.5) is 5.69 Å². The summed E-state index contributed by atoms with van der Waals surface area (Å²) in [6, 6.07) is 7.76. The molecule has 0 spiro atoms. The summed E-state index contributed by atoms with van der Waals surface area (Å²) in [5, 5.41) is 11.1.